The Morgan fingerprint density at radius 3 is 2.47 bits per heavy atom. The third-order valence-corrected chi connectivity index (χ3v) is 8.78. The van der Waals surface area contributed by atoms with Gasteiger partial charge in [-0.15, -0.1) is 6.58 Å². The van der Waals surface area contributed by atoms with Crippen LogP contribution in [0.3, 0.4) is 0 Å². The van der Waals surface area contributed by atoms with Crippen molar-refractivity contribution in [3.63, 3.8) is 0 Å². The van der Waals surface area contributed by atoms with Gasteiger partial charge in [-0.1, -0.05) is 44.9 Å². The zero-order chi connectivity index (χ0) is 23.1. The second-order valence-corrected chi connectivity index (χ2v) is 10.7. The lowest BCUT2D eigenvalue weighted by Gasteiger charge is -2.59. The number of hydrogen-bond acceptors (Lipinski definition) is 5. The van der Waals surface area contributed by atoms with E-state index in [1.807, 2.05) is 0 Å². The largest absolute Gasteiger partial charge is 0.481 e. The Labute approximate surface area is 191 Å². The topological polar surface area (TPSA) is 73.3 Å². The van der Waals surface area contributed by atoms with E-state index in [0.717, 1.165) is 25.7 Å². The number of hydrogen-bond donors (Lipinski definition) is 1. The van der Waals surface area contributed by atoms with Crippen molar-refractivity contribution >= 4 is 11.9 Å². The van der Waals surface area contributed by atoms with Gasteiger partial charge in [0.2, 0.25) is 23.6 Å². The Balaban J connectivity index is 1.62. The number of rotatable bonds is 5. The molecular formula is C26H37N3O3. The molecule has 5 unspecified atom stereocenters. The van der Waals surface area contributed by atoms with E-state index in [2.05, 4.69) is 54.8 Å². The fraction of sp³-hybridized carbons (Fsp3) is 0.654. The molecular weight excluding hydrogens is 402 g/mol. The molecule has 1 aromatic heterocycles. The summed E-state index contributed by atoms with van der Waals surface area (Å²) in [6.07, 6.45) is 12.1. The minimum Gasteiger partial charge on any atom is -0.481 e. The van der Waals surface area contributed by atoms with Crippen molar-refractivity contribution in [3.05, 3.63) is 30.4 Å². The third-order valence-electron chi connectivity index (χ3n) is 8.78. The molecule has 1 aromatic rings. The van der Waals surface area contributed by atoms with Gasteiger partial charge in [-0.25, -0.2) is 0 Å². The Morgan fingerprint density at radius 2 is 1.84 bits per heavy atom. The van der Waals surface area contributed by atoms with Gasteiger partial charge >= 0.3 is 0 Å². The summed E-state index contributed by atoms with van der Waals surface area (Å²) in [6, 6.07) is 1.60. The van der Waals surface area contributed by atoms with Gasteiger partial charge in [0.05, 0.1) is 25.7 Å². The Kier molecular flexibility index (Phi) is 5.84. The van der Waals surface area contributed by atoms with Gasteiger partial charge < -0.3 is 9.47 Å². The van der Waals surface area contributed by atoms with Crippen molar-refractivity contribution in [3.8, 4) is 11.8 Å². The van der Waals surface area contributed by atoms with E-state index in [0.29, 0.717) is 17.7 Å². The average molecular weight is 440 g/mol. The average Bonchev–Trinajstić information content (AvgIpc) is 2.78. The number of allylic oxidation sites excluding steroid dienone is 3. The number of carbonyl (C=O) groups excluding carboxylic acids is 1. The normalized spacial score (nSPS) is 36.2. The highest BCUT2D eigenvalue weighted by atomic mass is 16.5. The standard InChI is InChI=1S/C26H37N3O3/c1-7-24(2)14-11-18-17(16-24)9-10-19-25(18,3)12-8-13-26(19,4)22(30)29-23-27-20(31-5)15-21(28-23)32-6/h7,9,15,18-19H,1,8,10-14,16H2,2-6H3,(H,27,28,29,30). The van der Waals surface area contributed by atoms with Crippen molar-refractivity contribution < 1.29 is 14.3 Å². The van der Waals surface area contributed by atoms with Gasteiger partial charge in [0, 0.05) is 0 Å². The molecule has 6 nitrogen and oxygen atoms in total. The summed E-state index contributed by atoms with van der Waals surface area (Å²) in [6.45, 7) is 11.0. The summed E-state index contributed by atoms with van der Waals surface area (Å²) in [5.41, 5.74) is 1.43. The number of nitrogens with one attached hydrogen (secondary N) is 1. The maximum Gasteiger partial charge on any atom is 0.236 e. The first-order valence-corrected chi connectivity index (χ1v) is 11.8. The molecule has 0 aliphatic heterocycles. The predicted octanol–water partition coefficient (Wildman–Crippen LogP) is 5.57. The molecule has 2 fully saturated rings. The first-order chi connectivity index (χ1) is 15.2. The molecule has 5 atom stereocenters. The van der Waals surface area contributed by atoms with Crippen LogP contribution in [-0.2, 0) is 4.79 Å². The molecule has 6 heteroatoms. The molecule has 0 bridgehead atoms. The summed E-state index contributed by atoms with van der Waals surface area (Å²) >= 11 is 0. The lowest BCUT2D eigenvalue weighted by atomic mass is 9.45. The number of anilines is 1. The van der Waals surface area contributed by atoms with Gasteiger partial charge in [-0.05, 0) is 61.2 Å². The van der Waals surface area contributed by atoms with E-state index in [1.54, 1.807) is 11.6 Å². The highest BCUT2D eigenvalue weighted by Gasteiger charge is 2.58. The van der Waals surface area contributed by atoms with E-state index in [4.69, 9.17) is 9.47 Å². The molecule has 3 aliphatic carbocycles. The van der Waals surface area contributed by atoms with Crippen LogP contribution in [0, 0.1) is 28.1 Å². The van der Waals surface area contributed by atoms with Crippen molar-refractivity contribution in [2.24, 2.45) is 28.1 Å². The maximum absolute atomic E-state index is 13.7. The van der Waals surface area contributed by atoms with Crippen molar-refractivity contribution in [1.29, 1.82) is 0 Å². The summed E-state index contributed by atoms with van der Waals surface area (Å²) < 4.78 is 10.5. The zero-order valence-electron chi connectivity index (χ0n) is 20.2. The van der Waals surface area contributed by atoms with Crippen molar-refractivity contribution in [2.45, 2.75) is 65.7 Å². The number of fused-ring (bicyclic) bond motifs is 3. The minimum atomic E-state index is -0.478. The fourth-order valence-corrected chi connectivity index (χ4v) is 6.79. The summed E-state index contributed by atoms with van der Waals surface area (Å²) in [4.78, 5) is 22.3. The number of nitrogens with zero attached hydrogens (tertiary/aromatic N) is 2. The number of amides is 1. The Morgan fingerprint density at radius 1 is 1.16 bits per heavy atom. The highest BCUT2D eigenvalue weighted by Crippen LogP contribution is 2.63. The van der Waals surface area contributed by atoms with E-state index in [1.165, 1.54) is 33.5 Å². The lowest BCUT2D eigenvalue weighted by Crippen LogP contribution is -2.55. The molecule has 3 aliphatic rings. The molecule has 0 spiro atoms. The van der Waals surface area contributed by atoms with E-state index in [-0.39, 0.29) is 28.6 Å². The number of methoxy groups -OCH3 is 2. The first-order valence-electron chi connectivity index (χ1n) is 11.8. The highest BCUT2D eigenvalue weighted by molar-refractivity contribution is 5.94. The summed E-state index contributed by atoms with van der Waals surface area (Å²) in [5.74, 6) is 1.79. The predicted molar refractivity (Wildman–Crippen MR) is 126 cm³/mol. The van der Waals surface area contributed by atoms with Crippen LogP contribution in [0.4, 0.5) is 5.95 Å². The number of carbonyl (C=O) groups is 1. The second kappa shape index (κ2) is 8.20. The van der Waals surface area contributed by atoms with E-state index in [9.17, 15) is 4.79 Å². The van der Waals surface area contributed by atoms with Gasteiger partial charge in [-0.3, -0.25) is 10.1 Å². The smallest absolute Gasteiger partial charge is 0.236 e. The number of aromatic nitrogens is 2. The molecule has 2 saturated carbocycles. The third kappa shape index (κ3) is 3.71. The number of ether oxygens (including phenoxy) is 2. The molecule has 32 heavy (non-hydrogen) atoms. The van der Waals surface area contributed by atoms with Crippen LogP contribution in [0.2, 0.25) is 0 Å². The lowest BCUT2D eigenvalue weighted by molar-refractivity contribution is -0.139. The maximum atomic E-state index is 13.7. The first kappa shape index (κ1) is 22.8. The van der Waals surface area contributed by atoms with Gasteiger partial charge in [0.1, 0.15) is 0 Å². The van der Waals surface area contributed by atoms with Crippen LogP contribution in [0.5, 0.6) is 11.8 Å². The van der Waals surface area contributed by atoms with Crippen molar-refractivity contribution in [2.75, 3.05) is 19.5 Å². The molecule has 1 heterocycles. The molecule has 1 amide bonds. The molecule has 4 rings (SSSR count). The monoisotopic (exact) mass is 439 g/mol. The van der Waals surface area contributed by atoms with Crippen LogP contribution < -0.4 is 14.8 Å². The summed E-state index contributed by atoms with van der Waals surface area (Å²) in [5, 5.41) is 2.99. The zero-order valence-corrected chi connectivity index (χ0v) is 20.2. The van der Waals surface area contributed by atoms with Crippen LogP contribution >= 0.6 is 0 Å². The van der Waals surface area contributed by atoms with Crippen LogP contribution in [0.15, 0.2) is 30.4 Å². The van der Waals surface area contributed by atoms with E-state index < -0.39 is 5.41 Å². The van der Waals surface area contributed by atoms with E-state index >= 15 is 0 Å². The summed E-state index contributed by atoms with van der Waals surface area (Å²) in [7, 11) is 3.07. The molecule has 0 aromatic carbocycles. The minimum absolute atomic E-state index is 0.00711. The molecule has 174 valence electrons. The molecule has 0 saturated heterocycles. The SMILES string of the molecule is C=CC1(C)CCC2C(=CCC3C(C)(C(=O)Nc4nc(OC)cc(OC)n4)CCCC23C)C1. The van der Waals surface area contributed by atoms with Gasteiger partial charge in [-0.2, -0.15) is 9.97 Å². The van der Waals surface area contributed by atoms with Gasteiger partial charge in [0.25, 0.3) is 0 Å². The Bertz CT molecular complexity index is 922. The van der Waals surface area contributed by atoms with Crippen LogP contribution in [0.25, 0.3) is 0 Å². The quantitative estimate of drug-likeness (QED) is 0.607. The van der Waals surface area contributed by atoms with Gasteiger partial charge in [0.15, 0.2) is 0 Å². The van der Waals surface area contributed by atoms with Crippen LogP contribution in [-0.4, -0.2) is 30.1 Å². The Hall–Kier alpha value is -2.37. The molecule has 0 radical (unpaired) electrons. The van der Waals surface area contributed by atoms with Crippen LogP contribution in [0.1, 0.15) is 65.7 Å². The fourth-order valence-electron chi connectivity index (χ4n) is 6.79. The second-order valence-electron chi connectivity index (χ2n) is 10.7. The molecule has 1 N–H and O–H groups in total. The van der Waals surface area contributed by atoms with Crippen molar-refractivity contribution in [1.82, 2.24) is 9.97 Å².